The first-order chi connectivity index (χ1) is 13.2. The van der Waals surface area contributed by atoms with Gasteiger partial charge in [-0.05, 0) is 35.7 Å². The van der Waals surface area contributed by atoms with E-state index < -0.39 is 0 Å². The Morgan fingerprint density at radius 3 is 2.46 bits per heavy atom. The fourth-order valence-corrected chi connectivity index (χ4v) is 3.83. The van der Waals surface area contributed by atoms with Crippen molar-refractivity contribution >= 4 is 12.4 Å². The van der Waals surface area contributed by atoms with Crippen LogP contribution in [0.3, 0.4) is 0 Å². The predicted octanol–water partition coefficient (Wildman–Crippen LogP) is 3.32. The van der Waals surface area contributed by atoms with Crippen molar-refractivity contribution in [1.29, 1.82) is 0 Å². The third-order valence-electron chi connectivity index (χ3n) is 5.23. The van der Waals surface area contributed by atoms with E-state index in [0.29, 0.717) is 31.6 Å². The monoisotopic (exact) mass is 406 g/mol. The fourth-order valence-electron chi connectivity index (χ4n) is 3.83. The molecule has 0 amide bonds. The predicted molar refractivity (Wildman–Crippen MR) is 115 cm³/mol. The van der Waals surface area contributed by atoms with E-state index in [9.17, 15) is 0 Å². The minimum atomic E-state index is 0. The molecule has 0 unspecified atom stereocenters. The second-order valence-electron chi connectivity index (χ2n) is 7.03. The molecule has 0 saturated carbocycles. The van der Waals surface area contributed by atoms with Crippen LogP contribution in [0.15, 0.2) is 48.5 Å². The van der Waals surface area contributed by atoms with Crippen LogP contribution in [0.5, 0.6) is 11.5 Å². The Bertz CT molecular complexity index is 714. The molecule has 28 heavy (non-hydrogen) atoms. The summed E-state index contributed by atoms with van der Waals surface area (Å²) in [5, 5.41) is 0. The first kappa shape index (κ1) is 22.5. The molecule has 1 fully saturated rings. The highest BCUT2D eigenvalue weighted by molar-refractivity contribution is 5.85. The molecule has 154 valence electrons. The summed E-state index contributed by atoms with van der Waals surface area (Å²) in [6, 6.07) is 16.9. The molecule has 1 aliphatic rings. The zero-order valence-electron chi connectivity index (χ0n) is 16.7. The van der Waals surface area contributed by atoms with Crippen molar-refractivity contribution in [1.82, 2.24) is 4.90 Å². The number of rotatable bonds is 9. The van der Waals surface area contributed by atoms with Crippen LogP contribution in [-0.4, -0.2) is 52.0 Å². The molecule has 2 atom stereocenters. The van der Waals surface area contributed by atoms with Crippen molar-refractivity contribution in [3.63, 3.8) is 0 Å². The summed E-state index contributed by atoms with van der Waals surface area (Å²) in [7, 11) is 3.34. The maximum atomic E-state index is 6.07. The number of nitrogens with two attached hydrogens (primary N) is 1. The topological polar surface area (TPSA) is 57.0 Å². The molecule has 3 rings (SSSR count). The minimum absolute atomic E-state index is 0. The Labute approximate surface area is 174 Å². The van der Waals surface area contributed by atoms with E-state index in [1.807, 2.05) is 6.07 Å². The zero-order chi connectivity index (χ0) is 19.1. The highest BCUT2D eigenvalue weighted by atomic mass is 35.5. The average Bonchev–Trinajstić information content (AvgIpc) is 3.12. The molecular weight excluding hydrogens is 376 g/mol. The van der Waals surface area contributed by atoms with Gasteiger partial charge in [0.2, 0.25) is 0 Å². The lowest BCUT2D eigenvalue weighted by atomic mass is 9.89. The van der Waals surface area contributed by atoms with Crippen LogP contribution < -0.4 is 15.2 Å². The molecular formula is C22H31ClN2O3. The van der Waals surface area contributed by atoms with Crippen molar-refractivity contribution in [3.05, 3.63) is 59.7 Å². The zero-order valence-corrected chi connectivity index (χ0v) is 17.5. The summed E-state index contributed by atoms with van der Waals surface area (Å²) >= 11 is 0. The van der Waals surface area contributed by atoms with Crippen LogP contribution in [0.1, 0.15) is 17.0 Å². The van der Waals surface area contributed by atoms with Gasteiger partial charge >= 0.3 is 0 Å². The molecule has 0 bridgehead atoms. The molecule has 0 spiro atoms. The second-order valence-corrected chi connectivity index (χ2v) is 7.03. The summed E-state index contributed by atoms with van der Waals surface area (Å²) < 4.78 is 16.3. The Morgan fingerprint density at radius 2 is 1.79 bits per heavy atom. The number of benzene rings is 2. The Balaban J connectivity index is 0.00000280. The van der Waals surface area contributed by atoms with Gasteiger partial charge in [0.15, 0.2) is 11.5 Å². The number of methoxy groups -OCH3 is 2. The lowest BCUT2D eigenvalue weighted by Gasteiger charge is -2.18. The van der Waals surface area contributed by atoms with Gasteiger partial charge in [-0.1, -0.05) is 36.4 Å². The Kier molecular flexibility index (Phi) is 9.06. The van der Waals surface area contributed by atoms with E-state index in [4.69, 9.17) is 19.9 Å². The molecule has 1 aliphatic heterocycles. The summed E-state index contributed by atoms with van der Waals surface area (Å²) in [4.78, 5) is 2.48. The molecule has 6 heteroatoms. The molecule has 0 radical (unpaired) electrons. The second kappa shape index (κ2) is 11.3. The van der Waals surface area contributed by atoms with Crippen LogP contribution in [-0.2, 0) is 11.3 Å². The first-order valence-electron chi connectivity index (χ1n) is 9.51. The molecule has 1 heterocycles. The number of likely N-dealkylation sites (tertiary alicyclic amines) is 1. The third kappa shape index (κ3) is 5.61. The van der Waals surface area contributed by atoms with E-state index in [1.54, 1.807) is 14.2 Å². The van der Waals surface area contributed by atoms with Crippen molar-refractivity contribution in [2.45, 2.75) is 12.5 Å². The SMILES string of the molecule is COCCOc1ccc(CN2C[C@@H](CN)[C@H](c3ccccc3)C2)cc1OC.Cl. The molecule has 2 N–H and O–H groups in total. The van der Waals surface area contributed by atoms with E-state index in [2.05, 4.69) is 47.4 Å². The Hall–Kier alpha value is -1.79. The first-order valence-corrected chi connectivity index (χ1v) is 9.51. The van der Waals surface area contributed by atoms with Crippen molar-refractivity contribution in [2.75, 3.05) is 47.1 Å². The van der Waals surface area contributed by atoms with E-state index in [1.165, 1.54) is 11.1 Å². The van der Waals surface area contributed by atoms with Gasteiger partial charge in [0, 0.05) is 32.7 Å². The normalized spacial score (nSPS) is 19.2. The number of hydrogen-bond donors (Lipinski definition) is 1. The summed E-state index contributed by atoms with van der Waals surface area (Å²) in [5.74, 6) is 2.50. The van der Waals surface area contributed by atoms with Crippen LogP contribution >= 0.6 is 12.4 Å². The molecule has 0 aromatic heterocycles. The summed E-state index contributed by atoms with van der Waals surface area (Å²) in [6.07, 6.45) is 0. The minimum Gasteiger partial charge on any atom is -0.493 e. The summed E-state index contributed by atoms with van der Waals surface area (Å²) in [6.45, 7) is 4.71. The number of halogens is 1. The molecule has 2 aromatic rings. The fraction of sp³-hybridized carbons (Fsp3) is 0.455. The van der Waals surface area contributed by atoms with E-state index >= 15 is 0 Å². The quantitative estimate of drug-likeness (QED) is 0.647. The number of hydrogen-bond acceptors (Lipinski definition) is 5. The molecule has 0 aliphatic carbocycles. The average molecular weight is 407 g/mol. The van der Waals surface area contributed by atoms with Crippen LogP contribution in [0.4, 0.5) is 0 Å². The van der Waals surface area contributed by atoms with Crippen molar-refractivity contribution in [3.8, 4) is 11.5 Å². The van der Waals surface area contributed by atoms with Crippen LogP contribution in [0, 0.1) is 5.92 Å². The van der Waals surface area contributed by atoms with Gasteiger partial charge in [-0.15, -0.1) is 12.4 Å². The van der Waals surface area contributed by atoms with Gasteiger partial charge in [0.1, 0.15) is 6.61 Å². The van der Waals surface area contributed by atoms with Crippen LogP contribution in [0.25, 0.3) is 0 Å². The standard InChI is InChI=1S/C22H30N2O3.ClH/c1-25-10-11-27-21-9-8-17(12-22(21)26-2)14-24-15-19(13-23)20(16-24)18-6-4-3-5-7-18;/h3-9,12,19-20H,10-11,13-16,23H2,1-2H3;1H/t19-,20+;/m1./s1. The highest BCUT2D eigenvalue weighted by Crippen LogP contribution is 2.34. The lowest BCUT2D eigenvalue weighted by Crippen LogP contribution is -2.23. The van der Waals surface area contributed by atoms with Gasteiger partial charge in [-0.3, -0.25) is 4.90 Å². The molecule has 2 aromatic carbocycles. The largest absolute Gasteiger partial charge is 0.493 e. The van der Waals surface area contributed by atoms with Gasteiger partial charge < -0.3 is 19.9 Å². The number of nitrogens with zero attached hydrogens (tertiary/aromatic N) is 1. The molecule has 1 saturated heterocycles. The lowest BCUT2D eigenvalue weighted by molar-refractivity contribution is 0.144. The van der Waals surface area contributed by atoms with Gasteiger partial charge in [0.05, 0.1) is 13.7 Å². The van der Waals surface area contributed by atoms with Crippen molar-refractivity contribution in [2.24, 2.45) is 11.7 Å². The van der Waals surface area contributed by atoms with Crippen molar-refractivity contribution < 1.29 is 14.2 Å². The third-order valence-corrected chi connectivity index (χ3v) is 5.23. The smallest absolute Gasteiger partial charge is 0.161 e. The van der Waals surface area contributed by atoms with Gasteiger partial charge in [-0.2, -0.15) is 0 Å². The van der Waals surface area contributed by atoms with Gasteiger partial charge in [0.25, 0.3) is 0 Å². The van der Waals surface area contributed by atoms with E-state index in [-0.39, 0.29) is 12.4 Å². The van der Waals surface area contributed by atoms with E-state index in [0.717, 1.165) is 31.1 Å². The highest BCUT2D eigenvalue weighted by Gasteiger charge is 2.32. The Morgan fingerprint density at radius 1 is 1.00 bits per heavy atom. The number of ether oxygens (including phenoxy) is 3. The molecule has 5 nitrogen and oxygen atoms in total. The maximum Gasteiger partial charge on any atom is 0.161 e. The van der Waals surface area contributed by atoms with Crippen LogP contribution in [0.2, 0.25) is 0 Å². The van der Waals surface area contributed by atoms with Gasteiger partial charge in [-0.25, -0.2) is 0 Å². The maximum absolute atomic E-state index is 6.07. The summed E-state index contributed by atoms with van der Waals surface area (Å²) in [5.41, 5.74) is 8.67.